The minimum absolute atomic E-state index is 0.339. The Kier molecular flexibility index (Phi) is 4.17. The van der Waals surface area contributed by atoms with Crippen LogP contribution in [0.3, 0.4) is 0 Å². The number of hydrogen-bond acceptors (Lipinski definition) is 2. The van der Waals surface area contributed by atoms with Gasteiger partial charge in [0.2, 0.25) is 0 Å². The summed E-state index contributed by atoms with van der Waals surface area (Å²) in [6.07, 6.45) is 2.05. The van der Waals surface area contributed by atoms with E-state index in [9.17, 15) is 5.11 Å². The average molecular weight is 304 g/mol. The van der Waals surface area contributed by atoms with Gasteiger partial charge in [0.25, 0.3) is 0 Å². The Balaban J connectivity index is 2.20. The maximum absolute atomic E-state index is 10.8. The highest BCUT2D eigenvalue weighted by Gasteiger charge is 2.57. The Labute approximate surface area is 122 Å². The van der Waals surface area contributed by atoms with Crippen molar-refractivity contribution in [2.75, 3.05) is 6.54 Å². The minimum atomic E-state index is -1.03. The first-order valence-electron chi connectivity index (χ1n) is 5.82. The van der Waals surface area contributed by atoms with Crippen LogP contribution >= 0.6 is 35.4 Å². The van der Waals surface area contributed by atoms with Crippen molar-refractivity contribution in [3.05, 3.63) is 34.9 Å². The molecule has 1 aromatic rings. The van der Waals surface area contributed by atoms with Crippen molar-refractivity contribution in [2.45, 2.75) is 29.7 Å². The first kappa shape index (κ1) is 14.1. The van der Waals surface area contributed by atoms with Gasteiger partial charge in [-0.05, 0) is 24.5 Å². The standard InChI is InChI=1S/C13H15Cl2NOS/c14-11-4-2-1-3-10(11)7-13(17,8-16-9-18)12(15)5-6-12/h1-4,9,17H,5-8H2,(H,16,18). The number of alkyl halides is 1. The van der Waals surface area contributed by atoms with E-state index in [1.807, 2.05) is 24.3 Å². The summed E-state index contributed by atoms with van der Waals surface area (Å²) >= 11 is 17.3. The molecule has 0 bridgehead atoms. The molecule has 1 aromatic carbocycles. The zero-order valence-corrected chi connectivity index (χ0v) is 12.2. The SMILES string of the molecule is OC(CNC=S)(Cc1ccccc1Cl)C1(Cl)CC1. The zero-order chi connectivity index (χ0) is 13.2. The van der Waals surface area contributed by atoms with Gasteiger partial charge in [-0.15, -0.1) is 11.6 Å². The number of halogens is 2. The number of aliphatic hydroxyl groups is 1. The molecule has 5 heteroatoms. The molecule has 18 heavy (non-hydrogen) atoms. The van der Waals surface area contributed by atoms with Crippen molar-refractivity contribution >= 4 is 40.9 Å². The molecule has 2 N–H and O–H groups in total. The quantitative estimate of drug-likeness (QED) is 0.626. The number of rotatable bonds is 6. The maximum Gasteiger partial charge on any atom is 0.105 e. The number of nitrogens with one attached hydrogen (secondary N) is 1. The van der Waals surface area contributed by atoms with Crippen LogP contribution in [-0.4, -0.2) is 27.6 Å². The Morgan fingerprint density at radius 2 is 2.11 bits per heavy atom. The lowest BCUT2D eigenvalue weighted by Crippen LogP contribution is -2.51. The molecular formula is C13H15Cl2NOS. The highest BCUT2D eigenvalue weighted by atomic mass is 35.5. The minimum Gasteiger partial charge on any atom is -0.386 e. The molecule has 0 aliphatic heterocycles. The van der Waals surface area contributed by atoms with Gasteiger partial charge in [-0.1, -0.05) is 42.0 Å². The van der Waals surface area contributed by atoms with Crippen molar-refractivity contribution in [1.29, 1.82) is 0 Å². The summed E-state index contributed by atoms with van der Waals surface area (Å²) in [6, 6.07) is 7.50. The number of benzene rings is 1. The Morgan fingerprint density at radius 3 is 2.67 bits per heavy atom. The van der Waals surface area contributed by atoms with Gasteiger partial charge >= 0.3 is 0 Å². The molecule has 0 saturated heterocycles. The largest absolute Gasteiger partial charge is 0.386 e. The Bertz CT molecular complexity index is 450. The van der Waals surface area contributed by atoms with E-state index >= 15 is 0 Å². The number of thiocarbonyl (C=S) groups is 1. The van der Waals surface area contributed by atoms with E-state index in [0.29, 0.717) is 18.0 Å². The molecule has 0 heterocycles. The molecule has 0 radical (unpaired) electrons. The fourth-order valence-electron chi connectivity index (χ4n) is 2.12. The molecule has 1 atom stereocenters. The van der Waals surface area contributed by atoms with Crippen LogP contribution in [0.1, 0.15) is 18.4 Å². The fraction of sp³-hybridized carbons (Fsp3) is 0.462. The molecule has 1 fully saturated rings. The van der Waals surface area contributed by atoms with Crippen molar-refractivity contribution < 1.29 is 5.11 Å². The van der Waals surface area contributed by atoms with E-state index in [4.69, 9.17) is 35.4 Å². The summed E-state index contributed by atoms with van der Waals surface area (Å²) in [5.74, 6) is 0. The molecule has 2 nitrogen and oxygen atoms in total. The third-order valence-corrected chi connectivity index (χ3v) is 4.71. The van der Waals surface area contributed by atoms with Crippen LogP contribution in [0.2, 0.25) is 5.02 Å². The molecular weight excluding hydrogens is 289 g/mol. The molecule has 0 amide bonds. The molecule has 0 spiro atoms. The normalized spacial score (nSPS) is 19.9. The van der Waals surface area contributed by atoms with Crippen molar-refractivity contribution in [3.8, 4) is 0 Å². The molecule has 2 rings (SSSR count). The zero-order valence-electron chi connectivity index (χ0n) is 9.83. The van der Waals surface area contributed by atoms with E-state index in [2.05, 4.69) is 5.32 Å². The highest BCUT2D eigenvalue weighted by molar-refractivity contribution is 7.78. The third-order valence-electron chi connectivity index (χ3n) is 3.44. The second kappa shape index (κ2) is 5.33. The molecule has 98 valence electrons. The van der Waals surface area contributed by atoms with Crippen LogP contribution in [0.15, 0.2) is 24.3 Å². The van der Waals surface area contributed by atoms with Gasteiger partial charge in [0, 0.05) is 18.0 Å². The predicted octanol–water partition coefficient (Wildman–Crippen LogP) is 2.93. The lowest BCUT2D eigenvalue weighted by atomic mass is 9.89. The van der Waals surface area contributed by atoms with E-state index in [1.54, 1.807) is 0 Å². The van der Waals surface area contributed by atoms with Gasteiger partial charge in [0.1, 0.15) is 5.60 Å². The van der Waals surface area contributed by atoms with Crippen LogP contribution in [0.5, 0.6) is 0 Å². The van der Waals surface area contributed by atoms with Crippen LogP contribution in [0.4, 0.5) is 0 Å². The van der Waals surface area contributed by atoms with Crippen molar-refractivity contribution in [1.82, 2.24) is 5.32 Å². The van der Waals surface area contributed by atoms with Gasteiger partial charge in [0.15, 0.2) is 0 Å². The van der Waals surface area contributed by atoms with Crippen LogP contribution in [0, 0.1) is 0 Å². The average Bonchev–Trinajstić information content (AvgIpc) is 3.10. The van der Waals surface area contributed by atoms with Crippen LogP contribution in [-0.2, 0) is 6.42 Å². The molecule has 1 unspecified atom stereocenters. The summed E-state index contributed by atoms with van der Waals surface area (Å²) in [6.45, 7) is 0.339. The van der Waals surface area contributed by atoms with Gasteiger partial charge in [-0.3, -0.25) is 0 Å². The van der Waals surface area contributed by atoms with Gasteiger partial charge in [0.05, 0.1) is 10.4 Å². The van der Waals surface area contributed by atoms with Crippen molar-refractivity contribution in [2.24, 2.45) is 0 Å². The van der Waals surface area contributed by atoms with Crippen molar-refractivity contribution in [3.63, 3.8) is 0 Å². The molecule has 1 aliphatic rings. The summed E-state index contributed by atoms with van der Waals surface area (Å²) in [4.78, 5) is -0.558. The maximum atomic E-state index is 10.8. The van der Waals surface area contributed by atoms with Crippen LogP contribution in [0.25, 0.3) is 0 Å². The molecule has 1 aliphatic carbocycles. The molecule has 0 aromatic heterocycles. The summed E-state index contributed by atoms with van der Waals surface area (Å²) < 4.78 is 0. The first-order valence-corrected chi connectivity index (χ1v) is 7.05. The van der Waals surface area contributed by atoms with E-state index < -0.39 is 10.5 Å². The Morgan fingerprint density at radius 1 is 1.44 bits per heavy atom. The first-order chi connectivity index (χ1) is 8.51. The lowest BCUT2D eigenvalue weighted by Gasteiger charge is -2.33. The highest BCUT2D eigenvalue weighted by Crippen LogP contribution is 2.52. The van der Waals surface area contributed by atoms with E-state index in [0.717, 1.165) is 18.4 Å². The topological polar surface area (TPSA) is 32.3 Å². The molecule has 1 saturated carbocycles. The monoisotopic (exact) mass is 303 g/mol. The van der Waals surface area contributed by atoms with E-state index in [-0.39, 0.29) is 0 Å². The Hall–Kier alpha value is -0.350. The third kappa shape index (κ3) is 2.80. The van der Waals surface area contributed by atoms with Gasteiger partial charge < -0.3 is 10.4 Å². The number of hydrogen-bond donors (Lipinski definition) is 2. The predicted molar refractivity (Wildman–Crippen MR) is 79.6 cm³/mol. The summed E-state index contributed by atoms with van der Waals surface area (Å²) in [7, 11) is 0. The smallest absolute Gasteiger partial charge is 0.105 e. The van der Waals surface area contributed by atoms with Gasteiger partial charge in [-0.2, -0.15) is 0 Å². The van der Waals surface area contributed by atoms with Gasteiger partial charge in [-0.25, -0.2) is 0 Å². The van der Waals surface area contributed by atoms with E-state index in [1.165, 1.54) is 5.49 Å². The summed E-state index contributed by atoms with van der Waals surface area (Å²) in [5, 5.41) is 14.3. The fourth-order valence-corrected chi connectivity index (χ4v) is 2.64. The lowest BCUT2D eigenvalue weighted by molar-refractivity contribution is 0.0331. The van der Waals surface area contributed by atoms with Crippen LogP contribution < -0.4 is 5.32 Å². The summed E-state index contributed by atoms with van der Waals surface area (Å²) in [5.41, 5.74) is 1.27. The second-order valence-corrected chi connectivity index (χ2v) is 6.13. The second-order valence-electron chi connectivity index (χ2n) is 4.76.